The lowest BCUT2D eigenvalue weighted by molar-refractivity contribution is -0.143. The van der Waals surface area contributed by atoms with Crippen molar-refractivity contribution in [3.05, 3.63) is 24.3 Å². The zero-order valence-corrected chi connectivity index (χ0v) is 40.9. The Hall–Kier alpha value is -1.66. The standard InChI is InChI=1S/C55H105NO5/c1-3-5-7-9-11-13-15-17-24-27-31-35-39-43-47-53(58)52(51-57)56-54(59)48-44-40-36-32-28-25-21-19-18-20-22-26-30-34-38-42-46-50-61-55(60)49-45-41-37-33-29-23-16-14-12-10-8-6-4-2/h14,16,43,47,52-53,57-58H,3-13,15,17-42,44-46,48-51H2,1-2H3,(H,56,59)/b16-14-,47-43+. The lowest BCUT2D eigenvalue weighted by Gasteiger charge is -2.20. The molecule has 0 aromatic rings. The van der Waals surface area contributed by atoms with Crippen LogP contribution in [0.4, 0.5) is 0 Å². The highest BCUT2D eigenvalue weighted by Crippen LogP contribution is 2.16. The van der Waals surface area contributed by atoms with Crippen LogP contribution >= 0.6 is 0 Å². The number of aliphatic hydroxyl groups is 2. The summed E-state index contributed by atoms with van der Waals surface area (Å²) in [4.78, 5) is 24.4. The minimum Gasteiger partial charge on any atom is -0.466 e. The van der Waals surface area contributed by atoms with Crippen LogP contribution in [0.5, 0.6) is 0 Å². The van der Waals surface area contributed by atoms with E-state index in [1.54, 1.807) is 6.08 Å². The highest BCUT2D eigenvalue weighted by atomic mass is 16.5. The van der Waals surface area contributed by atoms with Gasteiger partial charge in [0.1, 0.15) is 0 Å². The predicted molar refractivity (Wildman–Crippen MR) is 264 cm³/mol. The third kappa shape index (κ3) is 47.7. The van der Waals surface area contributed by atoms with Crippen molar-refractivity contribution in [2.45, 2.75) is 302 Å². The maximum Gasteiger partial charge on any atom is 0.305 e. The SMILES string of the molecule is CCCCCC/C=C\CCCCCCCC(=O)OCCCCCCCCCCCCCCCCCCCC(=O)NC(CO)C(O)/C=C/CCCCCCCCCCCCCC. The molecule has 0 spiro atoms. The van der Waals surface area contributed by atoms with Crippen LogP contribution in [-0.2, 0) is 14.3 Å². The summed E-state index contributed by atoms with van der Waals surface area (Å²) in [6.45, 7) is 4.87. The van der Waals surface area contributed by atoms with Gasteiger partial charge in [-0.1, -0.05) is 244 Å². The molecule has 0 heterocycles. The molecule has 3 N–H and O–H groups in total. The molecule has 61 heavy (non-hydrogen) atoms. The number of hydrogen-bond donors (Lipinski definition) is 3. The average Bonchev–Trinajstić information content (AvgIpc) is 3.26. The van der Waals surface area contributed by atoms with E-state index in [2.05, 4.69) is 31.3 Å². The summed E-state index contributed by atoms with van der Waals surface area (Å²) in [5.74, 6) is -0.0781. The van der Waals surface area contributed by atoms with Gasteiger partial charge < -0.3 is 20.3 Å². The van der Waals surface area contributed by atoms with E-state index in [1.807, 2.05) is 6.08 Å². The Bertz CT molecular complexity index is 951. The lowest BCUT2D eigenvalue weighted by Crippen LogP contribution is -2.45. The Balaban J connectivity index is 3.45. The molecule has 0 aliphatic carbocycles. The predicted octanol–water partition coefficient (Wildman–Crippen LogP) is 16.3. The van der Waals surface area contributed by atoms with E-state index in [1.165, 1.54) is 218 Å². The van der Waals surface area contributed by atoms with Gasteiger partial charge in [-0.05, 0) is 57.8 Å². The van der Waals surface area contributed by atoms with E-state index in [4.69, 9.17) is 4.74 Å². The van der Waals surface area contributed by atoms with Crippen LogP contribution < -0.4 is 5.32 Å². The van der Waals surface area contributed by atoms with Gasteiger partial charge in [0.2, 0.25) is 5.91 Å². The van der Waals surface area contributed by atoms with E-state index < -0.39 is 12.1 Å². The third-order valence-electron chi connectivity index (χ3n) is 12.5. The van der Waals surface area contributed by atoms with Gasteiger partial charge in [-0.2, -0.15) is 0 Å². The molecule has 6 nitrogen and oxygen atoms in total. The molecule has 2 unspecified atom stereocenters. The maximum absolute atomic E-state index is 12.4. The fourth-order valence-corrected chi connectivity index (χ4v) is 8.27. The van der Waals surface area contributed by atoms with Gasteiger partial charge in [0.25, 0.3) is 0 Å². The van der Waals surface area contributed by atoms with Gasteiger partial charge in [0.05, 0.1) is 25.4 Å². The van der Waals surface area contributed by atoms with E-state index >= 15 is 0 Å². The van der Waals surface area contributed by atoms with Crippen molar-refractivity contribution in [3.63, 3.8) is 0 Å². The number of allylic oxidation sites excluding steroid dienone is 3. The number of hydrogen-bond acceptors (Lipinski definition) is 5. The largest absolute Gasteiger partial charge is 0.466 e. The molecule has 360 valence electrons. The zero-order chi connectivity index (χ0) is 44.4. The molecule has 1 amide bonds. The molecule has 0 radical (unpaired) electrons. The number of ether oxygens (including phenoxy) is 1. The van der Waals surface area contributed by atoms with Crippen LogP contribution in [0.15, 0.2) is 24.3 Å². The Morgan fingerprint density at radius 2 is 0.770 bits per heavy atom. The molecule has 0 aromatic heterocycles. The van der Waals surface area contributed by atoms with Crippen LogP contribution in [0.2, 0.25) is 0 Å². The molecule has 0 aliphatic rings. The quantitative estimate of drug-likeness (QED) is 0.0322. The van der Waals surface area contributed by atoms with Crippen molar-refractivity contribution >= 4 is 11.9 Å². The normalized spacial score (nSPS) is 12.8. The number of unbranched alkanes of at least 4 members (excludes halogenated alkanes) is 37. The van der Waals surface area contributed by atoms with Crippen LogP contribution in [0.1, 0.15) is 290 Å². The second-order valence-corrected chi connectivity index (χ2v) is 18.6. The Morgan fingerprint density at radius 3 is 1.18 bits per heavy atom. The highest BCUT2D eigenvalue weighted by Gasteiger charge is 2.18. The smallest absolute Gasteiger partial charge is 0.305 e. The second-order valence-electron chi connectivity index (χ2n) is 18.6. The molecule has 0 saturated heterocycles. The van der Waals surface area contributed by atoms with Gasteiger partial charge in [-0.25, -0.2) is 0 Å². The van der Waals surface area contributed by atoms with E-state index in [0.29, 0.717) is 19.4 Å². The molecular formula is C55H105NO5. The van der Waals surface area contributed by atoms with Crippen molar-refractivity contribution in [2.24, 2.45) is 0 Å². The van der Waals surface area contributed by atoms with Crippen LogP contribution in [0.25, 0.3) is 0 Å². The number of aliphatic hydroxyl groups excluding tert-OH is 2. The highest BCUT2D eigenvalue weighted by molar-refractivity contribution is 5.76. The number of carbonyl (C=O) groups is 2. The summed E-state index contributed by atoms with van der Waals surface area (Å²) < 4.78 is 5.46. The molecule has 0 aliphatic heterocycles. The summed E-state index contributed by atoms with van der Waals surface area (Å²) in [6.07, 6.45) is 60.4. The molecule has 0 bridgehead atoms. The number of rotatable bonds is 50. The Kier molecular flexibility index (Phi) is 49.6. The molecule has 6 heteroatoms. The van der Waals surface area contributed by atoms with Gasteiger partial charge >= 0.3 is 5.97 Å². The minimum absolute atomic E-state index is 0.00497. The summed E-state index contributed by atoms with van der Waals surface area (Å²) in [7, 11) is 0. The van der Waals surface area contributed by atoms with Crippen molar-refractivity contribution in [2.75, 3.05) is 13.2 Å². The zero-order valence-electron chi connectivity index (χ0n) is 40.9. The van der Waals surface area contributed by atoms with Crippen molar-refractivity contribution in [3.8, 4) is 0 Å². The number of nitrogens with one attached hydrogen (secondary N) is 1. The van der Waals surface area contributed by atoms with Crippen LogP contribution in [-0.4, -0.2) is 47.4 Å². The maximum atomic E-state index is 12.4. The average molecular weight is 860 g/mol. The first-order valence-electron chi connectivity index (χ1n) is 27.1. The molecule has 0 rings (SSSR count). The summed E-state index contributed by atoms with van der Waals surface area (Å²) in [5, 5.41) is 23.1. The third-order valence-corrected chi connectivity index (χ3v) is 12.5. The fraction of sp³-hybridized carbons (Fsp3) is 0.891. The fourth-order valence-electron chi connectivity index (χ4n) is 8.27. The van der Waals surface area contributed by atoms with Crippen LogP contribution in [0, 0.1) is 0 Å². The van der Waals surface area contributed by atoms with Gasteiger partial charge in [-0.15, -0.1) is 0 Å². The Labute approximate surface area is 380 Å². The van der Waals surface area contributed by atoms with E-state index in [9.17, 15) is 19.8 Å². The number of amides is 1. The molecule has 0 saturated carbocycles. The van der Waals surface area contributed by atoms with Crippen LogP contribution in [0.3, 0.4) is 0 Å². The van der Waals surface area contributed by atoms with E-state index in [0.717, 1.165) is 44.9 Å². The van der Waals surface area contributed by atoms with Crippen molar-refractivity contribution < 1.29 is 24.5 Å². The first-order chi connectivity index (χ1) is 30.0. The Morgan fingerprint density at radius 1 is 0.443 bits per heavy atom. The summed E-state index contributed by atoms with van der Waals surface area (Å²) >= 11 is 0. The van der Waals surface area contributed by atoms with Crippen molar-refractivity contribution in [1.82, 2.24) is 5.32 Å². The first kappa shape index (κ1) is 59.3. The van der Waals surface area contributed by atoms with Crippen molar-refractivity contribution in [1.29, 1.82) is 0 Å². The van der Waals surface area contributed by atoms with Gasteiger partial charge in [0, 0.05) is 12.8 Å². The molecule has 0 aromatic carbocycles. The minimum atomic E-state index is -0.847. The second kappa shape index (κ2) is 51.0. The monoisotopic (exact) mass is 860 g/mol. The molecule has 2 atom stereocenters. The molecule has 0 fully saturated rings. The summed E-state index contributed by atoms with van der Waals surface area (Å²) in [5.41, 5.74) is 0. The van der Waals surface area contributed by atoms with Gasteiger partial charge in [0.15, 0.2) is 0 Å². The number of carbonyl (C=O) groups excluding carboxylic acids is 2. The van der Waals surface area contributed by atoms with Gasteiger partial charge in [-0.3, -0.25) is 9.59 Å². The lowest BCUT2D eigenvalue weighted by atomic mass is 10.0. The number of esters is 1. The topological polar surface area (TPSA) is 95.9 Å². The molecular weight excluding hydrogens is 755 g/mol. The van der Waals surface area contributed by atoms with E-state index in [-0.39, 0.29) is 18.5 Å². The first-order valence-corrected chi connectivity index (χ1v) is 27.1. The summed E-state index contributed by atoms with van der Waals surface area (Å²) in [6, 6.07) is -0.631.